The number of aromatic nitrogens is 1. The van der Waals surface area contributed by atoms with Gasteiger partial charge in [0.05, 0.1) is 25.5 Å². The molecule has 2 fully saturated rings. The lowest BCUT2D eigenvalue weighted by molar-refractivity contribution is 0.0601. The molecule has 1 saturated heterocycles. The van der Waals surface area contributed by atoms with Gasteiger partial charge in [0.15, 0.2) is 0 Å². The van der Waals surface area contributed by atoms with E-state index in [4.69, 9.17) is 9.47 Å². The number of ether oxygens (including phenoxy) is 2. The number of hydrogen-bond donors (Lipinski definition) is 0. The Hall–Kier alpha value is -2.79. The molecule has 3 heterocycles. The van der Waals surface area contributed by atoms with Gasteiger partial charge in [0.25, 0.3) is 0 Å². The normalized spacial score (nSPS) is 22.7. The molecular formula is C29H34N2O3. The summed E-state index contributed by atoms with van der Waals surface area (Å²) in [6, 6.07) is 13.2. The van der Waals surface area contributed by atoms with Crippen molar-refractivity contribution in [3.05, 3.63) is 53.1 Å². The van der Waals surface area contributed by atoms with Gasteiger partial charge in [-0.1, -0.05) is 25.3 Å². The highest BCUT2D eigenvalue weighted by Gasteiger charge is 2.40. The summed E-state index contributed by atoms with van der Waals surface area (Å²) in [5.74, 6) is 1.74. The summed E-state index contributed by atoms with van der Waals surface area (Å²) < 4.78 is 13.3. The molecule has 6 rings (SSSR count). The molecule has 1 saturated carbocycles. The van der Waals surface area contributed by atoms with Crippen LogP contribution in [0, 0.1) is 5.92 Å². The van der Waals surface area contributed by atoms with Crippen molar-refractivity contribution in [1.29, 1.82) is 0 Å². The first-order valence-corrected chi connectivity index (χ1v) is 12.7. The summed E-state index contributed by atoms with van der Waals surface area (Å²) in [5.41, 5.74) is 7.37. The number of methoxy groups -OCH3 is 2. The Kier molecular flexibility index (Phi) is 5.40. The molecule has 0 N–H and O–H groups in total. The number of benzene rings is 2. The number of rotatable bonds is 3. The maximum absolute atomic E-state index is 12.4. The van der Waals surface area contributed by atoms with Crippen molar-refractivity contribution in [3.63, 3.8) is 0 Å². The van der Waals surface area contributed by atoms with Crippen LogP contribution in [0.4, 0.5) is 0 Å². The number of nitrogens with zero attached hydrogens (tertiary/aromatic N) is 2. The first-order chi connectivity index (χ1) is 16.6. The fourth-order valence-electron chi connectivity index (χ4n) is 6.98. The third-order valence-corrected chi connectivity index (χ3v) is 8.56. The number of hydrogen-bond acceptors (Lipinski definition) is 4. The Morgan fingerprint density at radius 2 is 1.82 bits per heavy atom. The molecule has 3 aromatic rings. The summed E-state index contributed by atoms with van der Waals surface area (Å²) in [5, 5.41) is 1.31. The van der Waals surface area contributed by atoms with Crippen LogP contribution in [0.2, 0.25) is 0 Å². The average Bonchev–Trinajstić information content (AvgIpc) is 3.36. The molecule has 0 bridgehead atoms. The fraction of sp³-hybridized carbons (Fsp3) is 0.483. The molecule has 2 aromatic carbocycles. The molecule has 0 radical (unpaired) electrons. The standard InChI is InChI=1S/C29H34N2O3/c1-30-14-13-20-17-31-25-15-19(29(32)34-3)9-11-23(25)26(18-7-5-4-6-8-18)28(31)22-12-10-21(33-2)16-24(22)27(20)30/h9-12,15-16,18,20,27H,4-8,13-14,17H2,1-3H3. The van der Waals surface area contributed by atoms with E-state index in [9.17, 15) is 4.79 Å². The number of fused-ring (bicyclic) bond motifs is 7. The molecule has 5 heteroatoms. The first-order valence-electron chi connectivity index (χ1n) is 12.7. The van der Waals surface area contributed by atoms with Gasteiger partial charge in [-0.25, -0.2) is 4.79 Å². The van der Waals surface area contributed by atoms with Gasteiger partial charge in [-0.3, -0.25) is 4.90 Å². The van der Waals surface area contributed by atoms with E-state index in [-0.39, 0.29) is 5.97 Å². The van der Waals surface area contributed by atoms with E-state index in [2.05, 4.69) is 46.8 Å². The van der Waals surface area contributed by atoms with Crippen LogP contribution in [0.5, 0.6) is 5.75 Å². The summed E-state index contributed by atoms with van der Waals surface area (Å²) >= 11 is 0. The van der Waals surface area contributed by atoms with Crippen LogP contribution >= 0.6 is 0 Å². The van der Waals surface area contributed by atoms with Crippen LogP contribution in [0.1, 0.15) is 72.0 Å². The third-order valence-electron chi connectivity index (χ3n) is 8.56. The second-order valence-electron chi connectivity index (χ2n) is 10.4. The van der Waals surface area contributed by atoms with E-state index in [1.807, 2.05) is 6.07 Å². The molecule has 34 heavy (non-hydrogen) atoms. The van der Waals surface area contributed by atoms with Crippen LogP contribution in [0.15, 0.2) is 36.4 Å². The van der Waals surface area contributed by atoms with Crippen molar-refractivity contribution in [2.24, 2.45) is 5.92 Å². The summed E-state index contributed by atoms with van der Waals surface area (Å²) in [6.07, 6.45) is 7.57. The average molecular weight is 459 g/mol. The molecule has 178 valence electrons. The van der Waals surface area contributed by atoms with Crippen molar-refractivity contribution in [3.8, 4) is 17.0 Å². The molecule has 2 aliphatic heterocycles. The Balaban J connectivity index is 1.67. The lowest BCUT2D eigenvalue weighted by Crippen LogP contribution is -2.22. The van der Waals surface area contributed by atoms with Gasteiger partial charge in [0.2, 0.25) is 0 Å². The highest BCUT2D eigenvalue weighted by atomic mass is 16.5. The predicted octanol–water partition coefficient (Wildman–Crippen LogP) is 6.16. The van der Waals surface area contributed by atoms with Gasteiger partial charge in [0, 0.05) is 29.1 Å². The van der Waals surface area contributed by atoms with Crippen molar-refractivity contribution in [1.82, 2.24) is 9.47 Å². The van der Waals surface area contributed by atoms with Crippen LogP contribution < -0.4 is 4.74 Å². The Labute approximate surface area is 201 Å². The molecule has 5 nitrogen and oxygen atoms in total. The van der Waals surface area contributed by atoms with Gasteiger partial charge in [-0.15, -0.1) is 0 Å². The molecular weight excluding hydrogens is 424 g/mol. The molecule has 1 aromatic heterocycles. The van der Waals surface area contributed by atoms with Crippen molar-refractivity contribution in [2.45, 2.75) is 57.0 Å². The maximum atomic E-state index is 12.4. The maximum Gasteiger partial charge on any atom is 0.337 e. The zero-order chi connectivity index (χ0) is 23.4. The Bertz CT molecular complexity index is 1250. The molecule has 1 aliphatic carbocycles. The van der Waals surface area contributed by atoms with Gasteiger partial charge in [-0.05, 0) is 86.1 Å². The minimum Gasteiger partial charge on any atom is -0.497 e. The van der Waals surface area contributed by atoms with E-state index in [1.165, 1.54) is 78.9 Å². The van der Waals surface area contributed by atoms with E-state index < -0.39 is 0 Å². The topological polar surface area (TPSA) is 43.7 Å². The van der Waals surface area contributed by atoms with Gasteiger partial charge >= 0.3 is 5.97 Å². The van der Waals surface area contributed by atoms with Crippen molar-refractivity contribution < 1.29 is 14.3 Å². The minimum absolute atomic E-state index is 0.270. The zero-order valence-electron chi connectivity index (χ0n) is 20.5. The number of esters is 1. The molecule has 2 atom stereocenters. The lowest BCUT2D eigenvalue weighted by Gasteiger charge is -2.26. The number of likely N-dealkylation sites (tertiary alicyclic amines) is 1. The Morgan fingerprint density at radius 1 is 1.00 bits per heavy atom. The molecule has 0 amide bonds. The van der Waals surface area contributed by atoms with E-state index in [0.29, 0.717) is 23.4 Å². The summed E-state index contributed by atoms with van der Waals surface area (Å²) in [4.78, 5) is 15.0. The minimum atomic E-state index is -0.270. The monoisotopic (exact) mass is 458 g/mol. The van der Waals surface area contributed by atoms with Crippen LogP contribution in [-0.2, 0) is 11.3 Å². The van der Waals surface area contributed by atoms with E-state index in [0.717, 1.165) is 18.8 Å². The Morgan fingerprint density at radius 3 is 2.59 bits per heavy atom. The second kappa shape index (κ2) is 8.46. The first kappa shape index (κ1) is 21.7. The van der Waals surface area contributed by atoms with E-state index in [1.54, 1.807) is 7.11 Å². The van der Waals surface area contributed by atoms with Gasteiger partial charge < -0.3 is 14.0 Å². The van der Waals surface area contributed by atoms with E-state index >= 15 is 0 Å². The van der Waals surface area contributed by atoms with Gasteiger partial charge in [0.1, 0.15) is 5.75 Å². The summed E-state index contributed by atoms with van der Waals surface area (Å²) in [6.45, 7) is 2.07. The zero-order valence-corrected chi connectivity index (χ0v) is 20.5. The van der Waals surface area contributed by atoms with Gasteiger partial charge in [-0.2, -0.15) is 0 Å². The largest absolute Gasteiger partial charge is 0.497 e. The predicted molar refractivity (Wildman–Crippen MR) is 135 cm³/mol. The molecule has 2 unspecified atom stereocenters. The fourth-order valence-corrected chi connectivity index (χ4v) is 6.98. The number of carbonyl (C=O) groups excluding carboxylic acids is 1. The highest BCUT2D eigenvalue weighted by molar-refractivity contribution is 5.99. The molecule has 3 aliphatic rings. The second-order valence-corrected chi connectivity index (χ2v) is 10.4. The smallest absolute Gasteiger partial charge is 0.337 e. The molecule has 0 spiro atoms. The number of carbonyl (C=O) groups is 1. The van der Waals surface area contributed by atoms with Crippen LogP contribution in [0.3, 0.4) is 0 Å². The SMILES string of the molecule is COC(=O)c1ccc2c(C3CCCCC3)c3n(c2c1)CC1CCN(C)C1c1cc(OC)ccc1-3. The van der Waals surface area contributed by atoms with Crippen LogP contribution in [-0.4, -0.2) is 43.2 Å². The third kappa shape index (κ3) is 3.28. The quantitative estimate of drug-likeness (QED) is 0.441. The van der Waals surface area contributed by atoms with Crippen LogP contribution in [0.25, 0.3) is 22.2 Å². The van der Waals surface area contributed by atoms with Crippen molar-refractivity contribution >= 4 is 16.9 Å². The lowest BCUT2D eigenvalue weighted by atomic mass is 9.81. The van der Waals surface area contributed by atoms with Crippen molar-refractivity contribution in [2.75, 3.05) is 27.8 Å². The summed E-state index contributed by atoms with van der Waals surface area (Å²) in [7, 11) is 5.47. The highest BCUT2D eigenvalue weighted by Crippen LogP contribution is 2.51.